The summed E-state index contributed by atoms with van der Waals surface area (Å²) in [5.41, 5.74) is 0. The highest BCUT2D eigenvalue weighted by Gasteiger charge is 2.52. The molecule has 9 nitrogen and oxygen atoms in total. The van der Waals surface area contributed by atoms with E-state index in [-0.39, 0.29) is 5.92 Å². The molecule has 24 heavy (non-hydrogen) atoms. The topological polar surface area (TPSA) is 137 Å². The van der Waals surface area contributed by atoms with Crippen LogP contribution in [0.25, 0.3) is 0 Å². The van der Waals surface area contributed by atoms with Crippen molar-refractivity contribution in [1.29, 1.82) is 0 Å². The van der Waals surface area contributed by atoms with E-state index >= 15 is 0 Å². The third-order valence-corrected chi connectivity index (χ3v) is 4.59. The minimum absolute atomic E-state index is 0.224. The van der Waals surface area contributed by atoms with Crippen LogP contribution in [0.4, 0.5) is 0 Å². The second-order valence-corrected chi connectivity index (χ2v) is 6.22. The lowest BCUT2D eigenvalue weighted by atomic mass is 9.97. The number of rotatable bonds is 7. The summed E-state index contributed by atoms with van der Waals surface area (Å²) < 4.78 is 4.79. The maximum Gasteiger partial charge on any atom is 0.336 e. The molecule has 2 saturated heterocycles. The first kappa shape index (κ1) is 18.2. The van der Waals surface area contributed by atoms with Crippen LogP contribution in [0.15, 0.2) is 0 Å². The molecule has 2 heterocycles. The molecule has 2 fully saturated rings. The van der Waals surface area contributed by atoms with E-state index in [4.69, 9.17) is 9.84 Å². The van der Waals surface area contributed by atoms with Gasteiger partial charge in [0.1, 0.15) is 12.1 Å². The lowest BCUT2D eigenvalue weighted by molar-refractivity contribution is -0.150. The lowest BCUT2D eigenvalue weighted by Gasteiger charge is -2.30. The zero-order chi connectivity index (χ0) is 18.0. The molecule has 2 aliphatic rings. The number of epoxide rings is 1. The molecular formula is C15H22N2O7. The number of carboxylic acids is 2. The first-order chi connectivity index (χ1) is 11.3. The molecule has 2 amide bonds. The van der Waals surface area contributed by atoms with Gasteiger partial charge < -0.3 is 25.2 Å². The highest BCUT2D eigenvalue weighted by atomic mass is 16.6. The number of aliphatic carboxylic acids is 2. The first-order valence-corrected chi connectivity index (χ1v) is 7.99. The van der Waals surface area contributed by atoms with E-state index in [0.717, 1.165) is 0 Å². The van der Waals surface area contributed by atoms with E-state index in [2.05, 4.69) is 5.32 Å². The number of likely N-dealkylation sites (tertiary alicyclic amines) is 1. The van der Waals surface area contributed by atoms with Crippen LogP contribution >= 0.6 is 0 Å². The van der Waals surface area contributed by atoms with Crippen molar-refractivity contribution in [2.24, 2.45) is 5.92 Å². The molecule has 0 aromatic heterocycles. The maximum atomic E-state index is 12.7. The molecule has 0 aliphatic carbocycles. The minimum Gasteiger partial charge on any atom is -0.480 e. The van der Waals surface area contributed by atoms with Crippen LogP contribution in [0.2, 0.25) is 0 Å². The molecule has 3 N–H and O–H groups in total. The summed E-state index contributed by atoms with van der Waals surface area (Å²) in [6.07, 6.45) is -0.714. The summed E-state index contributed by atoms with van der Waals surface area (Å²) in [6, 6.07) is -1.79. The fourth-order valence-corrected chi connectivity index (χ4v) is 2.88. The summed E-state index contributed by atoms with van der Waals surface area (Å²) in [4.78, 5) is 48.2. The van der Waals surface area contributed by atoms with Crippen LogP contribution in [0.1, 0.15) is 33.1 Å². The van der Waals surface area contributed by atoms with Crippen molar-refractivity contribution < 1.29 is 34.1 Å². The fourth-order valence-electron chi connectivity index (χ4n) is 2.88. The number of hydrogen-bond acceptors (Lipinski definition) is 5. The number of nitrogens with zero attached hydrogens (tertiary/aromatic N) is 1. The lowest BCUT2D eigenvalue weighted by Crippen LogP contribution is -2.55. The van der Waals surface area contributed by atoms with E-state index in [1.807, 2.05) is 6.92 Å². The van der Waals surface area contributed by atoms with Gasteiger partial charge in [0.15, 0.2) is 12.2 Å². The van der Waals surface area contributed by atoms with E-state index in [1.165, 1.54) is 4.90 Å². The Bertz CT molecular complexity index is 550. The number of amides is 2. The Morgan fingerprint density at radius 2 is 1.88 bits per heavy atom. The second kappa shape index (κ2) is 7.16. The number of carbonyl (C=O) groups excluding carboxylic acids is 2. The number of carboxylic acid groups (broad SMARTS) is 2. The zero-order valence-electron chi connectivity index (χ0n) is 13.6. The van der Waals surface area contributed by atoms with Crippen LogP contribution in [0.5, 0.6) is 0 Å². The summed E-state index contributed by atoms with van der Waals surface area (Å²) in [5, 5.41) is 20.6. The van der Waals surface area contributed by atoms with Gasteiger partial charge in [0.05, 0.1) is 0 Å². The fraction of sp³-hybridized carbons (Fsp3) is 0.733. The molecule has 0 bridgehead atoms. The highest BCUT2D eigenvalue weighted by molar-refractivity contribution is 5.96. The molecular weight excluding hydrogens is 320 g/mol. The van der Waals surface area contributed by atoms with Gasteiger partial charge in [0.25, 0.3) is 5.91 Å². The molecule has 0 saturated carbocycles. The van der Waals surface area contributed by atoms with Gasteiger partial charge in [0, 0.05) is 6.54 Å². The molecule has 0 aromatic carbocycles. The largest absolute Gasteiger partial charge is 0.480 e. The molecule has 0 unspecified atom stereocenters. The molecule has 5 atom stereocenters. The van der Waals surface area contributed by atoms with Crippen molar-refractivity contribution in [1.82, 2.24) is 10.2 Å². The average Bonchev–Trinajstić information content (AvgIpc) is 3.20. The smallest absolute Gasteiger partial charge is 0.336 e. The summed E-state index contributed by atoms with van der Waals surface area (Å²) in [6.45, 7) is 3.96. The molecule has 134 valence electrons. The van der Waals surface area contributed by atoms with Crippen LogP contribution < -0.4 is 5.32 Å². The number of hydrogen-bond donors (Lipinski definition) is 3. The van der Waals surface area contributed by atoms with Gasteiger partial charge in [0.2, 0.25) is 5.91 Å². The van der Waals surface area contributed by atoms with E-state index in [0.29, 0.717) is 25.8 Å². The quantitative estimate of drug-likeness (QED) is 0.528. The van der Waals surface area contributed by atoms with Crippen molar-refractivity contribution in [3.63, 3.8) is 0 Å². The average molecular weight is 342 g/mol. The Kier molecular flexibility index (Phi) is 5.43. The van der Waals surface area contributed by atoms with Gasteiger partial charge in [-0.15, -0.1) is 0 Å². The second-order valence-electron chi connectivity index (χ2n) is 6.22. The summed E-state index contributed by atoms with van der Waals surface area (Å²) in [5.74, 6) is -3.63. The first-order valence-electron chi connectivity index (χ1n) is 7.99. The van der Waals surface area contributed by atoms with Gasteiger partial charge in [-0.3, -0.25) is 9.59 Å². The third kappa shape index (κ3) is 3.66. The van der Waals surface area contributed by atoms with Gasteiger partial charge in [-0.2, -0.15) is 0 Å². The molecule has 0 spiro atoms. The SMILES string of the molecule is CC[C@H](C)[C@H](NC(=O)[C@H]1O[C@@H]1C(=O)O)C(=O)N1CCC[C@H]1C(=O)O. The van der Waals surface area contributed by atoms with Crippen LogP contribution in [0, 0.1) is 5.92 Å². The molecule has 9 heteroatoms. The minimum atomic E-state index is -1.23. The number of carbonyl (C=O) groups is 4. The Labute approximate surface area is 138 Å². The van der Waals surface area contributed by atoms with E-state index < -0.39 is 48.0 Å². The highest BCUT2D eigenvalue weighted by Crippen LogP contribution is 2.25. The number of ether oxygens (including phenoxy) is 1. The molecule has 2 rings (SSSR count). The van der Waals surface area contributed by atoms with Gasteiger partial charge >= 0.3 is 11.9 Å². The van der Waals surface area contributed by atoms with Gasteiger partial charge in [-0.05, 0) is 18.8 Å². The Hall–Kier alpha value is -2.16. The zero-order valence-corrected chi connectivity index (χ0v) is 13.6. The molecule has 0 aromatic rings. The summed E-state index contributed by atoms with van der Waals surface area (Å²) in [7, 11) is 0. The van der Waals surface area contributed by atoms with Crippen molar-refractivity contribution in [3.05, 3.63) is 0 Å². The van der Waals surface area contributed by atoms with Crippen LogP contribution in [0.3, 0.4) is 0 Å². The van der Waals surface area contributed by atoms with Crippen LogP contribution in [-0.4, -0.2) is 69.7 Å². The van der Waals surface area contributed by atoms with Gasteiger partial charge in [-0.25, -0.2) is 9.59 Å². The third-order valence-electron chi connectivity index (χ3n) is 4.59. The maximum absolute atomic E-state index is 12.7. The van der Waals surface area contributed by atoms with Crippen molar-refractivity contribution in [2.45, 2.75) is 57.4 Å². The monoisotopic (exact) mass is 342 g/mol. The molecule has 0 radical (unpaired) electrons. The van der Waals surface area contributed by atoms with Gasteiger partial charge in [-0.1, -0.05) is 20.3 Å². The predicted molar refractivity (Wildman–Crippen MR) is 80.1 cm³/mol. The van der Waals surface area contributed by atoms with Crippen molar-refractivity contribution >= 4 is 23.8 Å². The predicted octanol–water partition coefficient (Wildman–Crippen LogP) is -0.555. The standard InChI is InChI=1S/C15H22N2O7/c1-3-7(2)9(16-12(18)10-11(24-10)15(22)23)13(19)17-6-4-5-8(17)14(20)21/h7-11H,3-6H2,1-2H3,(H,16,18)(H,20,21)(H,22,23)/t7-,8-,9-,10-,11-/m0/s1. The number of nitrogens with one attached hydrogen (secondary N) is 1. The Morgan fingerprint density at radius 3 is 2.38 bits per heavy atom. The van der Waals surface area contributed by atoms with E-state index in [9.17, 15) is 24.3 Å². The van der Waals surface area contributed by atoms with E-state index in [1.54, 1.807) is 6.92 Å². The Balaban J connectivity index is 2.08. The Morgan fingerprint density at radius 1 is 1.21 bits per heavy atom. The van der Waals surface area contributed by atoms with Crippen molar-refractivity contribution in [2.75, 3.05) is 6.54 Å². The van der Waals surface area contributed by atoms with Crippen LogP contribution in [-0.2, 0) is 23.9 Å². The molecule has 2 aliphatic heterocycles. The summed E-state index contributed by atoms with van der Waals surface area (Å²) >= 11 is 0. The van der Waals surface area contributed by atoms with Crippen molar-refractivity contribution in [3.8, 4) is 0 Å². The normalized spacial score (nSPS) is 28.1.